The van der Waals surface area contributed by atoms with Crippen LogP contribution in [0.4, 0.5) is 0 Å². The van der Waals surface area contributed by atoms with Crippen LogP contribution in [0.2, 0.25) is 0 Å². The summed E-state index contributed by atoms with van der Waals surface area (Å²) in [5, 5.41) is 3.35. The molecule has 2 heterocycles. The summed E-state index contributed by atoms with van der Waals surface area (Å²) >= 11 is 0. The Bertz CT molecular complexity index is 793. The topological polar surface area (TPSA) is 88.3 Å². The molecule has 6 heteroatoms. The molecule has 1 aromatic carbocycles. The summed E-state index contributed by atoms with van der Waals surface area (Å²) in [5.74, 6) is -0.981. The highest BCUT2D eigenvalue weighted by Gasteiger charge is 2.31. The fraction of sp³-hybridized carbons (Fsp3) is 0.353. The molecule has 0 bridgehead atoms. The second kappa shape index (κ2) is 5.87. The van der Waals surface area contributed by atoms with E-state index in [4.69, 9.17) is 4.74 Å². The number of Topliss-reactive ketones (excluding diaryl/α,β-unsaturated/α-hetero) is 1. The van der Waals surface area contributed by atoms with E-state index in [0.29, 0.717) is 18.4 Å². The number of fused-ring (bicyclic) bond motifs is 1. The van der Waals surface area contributed by atoms with E-state index in [9.17, 15) is 14.4 Å². The van der Waals surface area contributed by atoms with E-state index in [1.165, 1.54) is 0 Å². The third-order valence-corrected chi connectivity index (χ3v) is 4.08. The summed E-state index contributed by atoms with van der Waals surface area (Å²) in [6.45, 7) is 3.37. The maximum Gasteiger partial charge on any atom is 0.329 e. The first kappa shape index (κ1) is 15.3. The Morgan fingerprint density at radius 1 is 1.30 bits per heavy atom. The second-order valence-electron chi connectivity index (χ2n) is 5.77. The van der Waals surface area contributed by atoms with Gasteiger partial charge in [0.1, 0.15) is 6.04 Å². The third kappa shape index (κ3) is 2.84. The number of para-hydroxylation sites is 1. The van der Waals surface area contributed by atoms with Gasteiger partial charge >= 0.3 is 5.97 Å². The lowest BCUT2D eigenvalue weighted by Crippen LogP contribution is -2.37. The van der Waals surface area contributed by atoms with Gasteiger partial charge in [-0.3, -0.25) is 9.59 Å². The average Bonchev–Trinajstić information content (AvgIpc) is 3.09. The summed E-state index contributed by atoms with van der Waals surface area (Å²) in [7, 11) is 0. The predicted octanol–water partition coefficient (Wildman–Crippen LogP) is 1.87. The third-order valence-electron chi connectivity index (χ3n) is 4.08. The molecule has 1 aromatic heterocycles. The van der Waals surface area contributed by atoms with Crippen LogP contribution in [0, 0.1) is 6.92 Å². The second-order valence-corrected chi connectivity index (χ2v) is 5.77. The van der Waals surface area contributed by atoms with Gasteiger partial charge in [0.05, 0.1) is 0 Å². The Hall–Kier alpha value is -2.63. The van der Waals surface area contributed by atoms with Crippen molar-refractivity contribution in [2.45, 2.75) is 38.8 Å². The van der Waals surface area contributed by atoms with Gasteiger partial charge in [0.2, 0.25) is 11.7 Å². The highest BCUT2D eigenvalue weighted by molar-refractivity contribution is 6.11. The molecule has 1 amide bonds. The molecule has 3 rings (SSSR count). The molecule has 23 heavy (non-hydrogen) atoms. The number of benzene rings is 1. The smallest absolute Gasteiger partial charge is 0.329 e. The molecule has 1 aliphatic heterocycles. The van der Waals surface area contributed by atoms with Crippen LogP contribution in [-0.2, 0) is 14.3 Å². The number of aromatic amines is 1. The molecule has 0 saturated carbocycles. The van der Waals surface area contributed by atoms with E-state index in [1.54, 1.807) is 6.92 Å². The quantitative estimate of drug-likeness (QED) is 0.666. The minimum atomic E-state index is -0.905. The van der Waals surface area contributed by atoms with E-state index in [1.807, 2.05) is 31.2 Å². The summed E-state index contributed by atoms with van der Waals surface area (Å²) in [4.78, 5) is 39.0. The van der Waals surface area contributed by atoms with E-state index in [2.05, 4.69) is 10.3 Å². The zero-order valence-electron chi connectivity index (χ0n) is 13.0. The monoisotopic (exact) mass is 314 g/mol. The van der Waals surface area contributed by atoms with Crippen molar-refractivity contribution in [1.82, 2.24) is 10.3 Å². The summed E-state index contributed by atoms with van der Waals surface area (Å²) in [6, 6.07) is 6.85. The molecule has 0 spiro atoms. The zero-order chi connectivity index (χ0) is 16.6. The van der Waals surface area contributed by atoms with Crippen LogP contribution >= 0.6 is 0 Å². The van der Waals surface area contributed by atoms with Crippen LogP contribution in [0.3, 0.4) is 0 Å². The van der Waals surface area contributed by atoms with Crippen LogP contribution in [0.5, 0.6) is 0 Å². The van der Waals surface area contributed by atoms with Crippen molar-refractivity contribution in [1.29, 1.82) is 0 Å². The fourth-order valence-corrected chi connectivity index (χ4v) is 2.90. The van der Waals surface area contributed by atoms with Gasteiger partial charge in [0, 0.05) is 28.6 Å². The summed E-state index contributed by atoms with van der Waals surface area (Å²) in [5.41, 5.74) is 2.15. The van der Waals surface area contributed by atoms with Crippen molar-refractivity contribution in [2.75, 3.05) is 0 Å². The fourth-order valence-electron chi connectivity index (χ4n) is 2.90. The van der Waals surface area contributed by atoms with Crippen LogP contribution in [0.15, 0.2) is 24.3 Å². The van der Waals surface area contributed by atoms with E-state index < -0.39 is 18.1 Å². The molecule has 1 fully saturated rings. The van der Waals surface area contributed by atoms with Gasteiger partial charge in [-0.2, -0.15) is 0 Å². The number of aromatic nitrogens is 1. The van der Waals surface area contributed by atoms with Gasteiger partial charge in [-0.15, -0.1) is 0 Å². The average molecular weight is 314 g/mol. The number of hydrogen-bond acceptors (Lipinski definition) is 4. The summed E-state index contributed by atoms with van der Waals surface area (Å²) in [6.07, 6.45) is -0.188. The number of H-pyrrole nitrogens is 1. The van der Waals surface area contributed by atoms with Crippen LogP contribution < -0.4 is 5.32 Å². The number of carbonyl (C=O) groups excluding carboxylic acids is 3. The SMILES string of the molecule is Cc1[nH]c2ccccc2c1C(=O)[C@H](C)OC(=O)[C@@H]1CCC(=O)N1. The number of rotatable bonds is 4. The predicted molar refractivity (Wildman–Crippen MR) is 84.1 cm³/mol. The number of aryl methyl sites for hydroxylation is 1. The Kier molecular flexibility index (Phi) is 3.90. The highest BCUT2D eigenvalue weighted by Crippen LogP contribution is 2.24. The van der Waals surface area contributed by atoms with Crippen LogP contribution in [0.25, 0.3) is 10.9 Å². The van der Waals surface area contributed by atoms with Crippen molar-refractivity contribution in [2.24, 2.45) is 0 Å². The number of ketones is 1. The minimum Gasteiger partial charge on any atom is -0.453 e. The van der Waals surface area contributed by atoms with Crippen molar-refractivity contribution >= 4 is 28.6 Å². The van der Waals surface area contributed by atoms with Crippen LogP contribution in [0.1, 0.15) is 35.8 Å². The highest BCUT2D eigenvalue weighted by atomic mass is 16.5. The molecule has 2 atom stereocenters. The van der Waals surface area contributed by atoms with Crippen LogP contribution in [-0.4, -0.2) is 34.8 Å². The van der Waals surface area contributed by atoms with Gasteiger partial charge < -0.3 is 15.0 Å². The number of amides is 1. The molecule has 120 valence electrons. The lowest BCUT2D eigenvalue weighted by Gasteiger charge is -2.15. The first-order valence-electron chi connectivity index (χ1n) is 7.58. The Morgan fingerprint density at radius 2 is 2.04 bits per heavy atom. The van der Waals surface area contributed by atoms with E-state index in [0.717, 1.165) is 16.6 Å². The van der Waals surface area contributed by atoms with Crippen molar-refractivity contribution in [3.8, 4) is 0 Å². The lowest BCUT2D eigenvalue weighted by molar-refractivity contribution is -0.149. The maximum atomic E-state index is 12.7. The Balaban J connectivity index is 1.78. The summed E-state index contributed by atoms with van der Waals surface area (Å²) < 4.78 is 5.26. The first-order valence-corrected chi connectivity index (χ1v) is 7.58. The number of ether oxygens (including phenoxy) is 1. The number of carbonyl (C=O) groups is 3. The van der Waals surface area contributed by atoms with Gasteiger partial charge in [-0.25, -0.2) is 4.79 Å². The van der Waals surface area contributed by atoms with Crippen molar-refractivity contribution in [3.05, 3.63) is 35.5 Å². The molecular formula is C17H18N2O4. The van der Waals surface area contributed by atoms with Crippen molar-refractivity contribution < 1.29 is 19.1 Å². The van der Waals surface area contributed by atoms with Gasteiger partial charge in [-0.1, -0.05) is 18.2 Å². The van der Waals surface area contributed by atoms with Gasteiger partial charge in [0.25, 0.3) is 0 Å². The Labute approximate surface area is 133 Å². The standard InChI is InChI=1S/C17H18N2O4/c1-9-15(11-5-3-4-6-12(11)18-9)16(21)10(2)23-17(22)13-7-8-14(20)19-13/h3-6,10,13,18H,7-8H2,1-2H3,(H,19,20)/t10-,13-/m0/s1. The molecular weight excluding hydrogens is 296 g/mol. The molecule has 0 radical (unpaired) electrons. The molecule has 2 N–H and O–H groups in total. The Morgan fingerprint density at radius 3 is 2.74 bits per heavy atom. The first-order chi connectivity index (χ1) is 11.0. The molecule has 1 saturated heterocycles. The van der Waals surface area contributed by atoms with Crippen molar-refractivity contribution in [3.63, 3.8) is 0 Å². The number of hydrogen-bond donors (Lipinski definition) is 2. The molecule has 0 unspecified atom stereocenters. The zero-order valence-corrected chi connectivity index (χ0v) is 13.0. The largest absolute Gasteiger partial charge is 0.453 e. The number of nitrogens with one attached hydrogen (secondary N) is 2. The molecule has 1 aliphatic rings. The van der Waals surface area contributed by atoms with E-state index >= 15 is 0 Å². The molecule has 6 nitrogen and oxygen atoms in total. The maximum absolute atomic E-state index is 12.7. The molecule has 0 aliphatic carbocycles. The minimum absolute atomic E-state index is 0.168. The number of esters is 1. The van der Waals surface area contributed by atoms with Gasteiger partial charge in [-0.05, 0) is 26.3 Å². The van der Waals surface area contributed by atoms with E-state index in [-0.39, 0.29) is 11.7 Å². The molecule has 2 aromatic rings. The normalized spacial score (nSPS) is 18.7. The van der Waals surface area contributed by atoms with Gasteiger partial charge in [0.15, 0.2) is 6.10 Å². The lowest BCUT2D eigenvalue weighted by atomic mass is 10.0.